The van der Waals surface area contributed by atoms with Crippen LogP contribution in [-0.2, 0) is 14.2 Å². The van der Waals surface area contributed by atoms with Crippen molar-refractivity contribution in [2.24, 2.45) is 0 Å². The minimum atomic E-state index is -0.466. The molecule has 108 valence electrons. The van der Waals surface area contributed by atoms with Gasteiger partial charge in [0.2, 0.25) is 0 Å². The first-order chi connectivity index (χ1) is 8.66. The second-order valence-electron chi connectivity index (χ2n) is 4.98. The molecule has 0 spiro atoms. The summed E-state index contributed by atoms with van der Waals surface area (Å²) < 4.78 is 15.8. The molecule has 1 aliphatic heterocycles. The molecule has 1 saturated heterocycles. The summed E-state index contributed by atoms with van der Waals surface area (Å²) in [5, 5.41) is 13.2. The monoisotopic (exact) mass is 261 g/mol. The van der Waals surface area contributed by atoms with E-state index in [1.54, 1.807) is 0 Å². The van der Waals surface area contributed by atoms with Gasteiger partial charge in [-0.15, -0.1) is 0 Å². The number of ether oxygens (including phenoxy) is 3. The van der Waals surface area contributed by atoms with E-state index in [2.05, 4.69) is 12.2 Å². The highest BCUT2D eigenvalue weighted by Crippen LogP contribution is 2.19. The Morgan fingerprint density at radius 1 is 1.28 bits per heavy atom. The van der Waals surface area contributed by atoms with Crippen molar-refractivity contribution in [3.05, 3.63) is 0 Å². The molecule has 1 rings (SSSR count). The summed E-state index contributed by atoms with van der Waals surface area (Å²) in [5.74, 6) is 0. The molecule has 0 aromatic rings. The van der Waals surface area contributed by atoms with Crippen LogP contribution >= 0.6 is 0 Å². The highest BCUT2D eigenvalue weighted by atomic mass is 16.5. The van der Waals surface area contributed by atoms with Crippen LogP contribution in [0.3, 0.4) is 0 Å². The lowest BCUT2D eigenvalue weighted by atomic mass is 9.92. The molecule has 1 aliphatic rings. The zero-order chi connectivity index (χ0) is 13.3. The largest absolute Gasteiger partial charge is 0.389 e. The number of hydrogen-bond acceptors (Lipinski definition) is 5. The highest BCUT2D eigenvalue weighted by molar-refractivity contribution is 4.86. The van der Waals surface area contributed by atoms with Gasteiger partial charge in [-0.05, 0) is 26.7 Å². The molecule has 1 unspecified atom stereocenters. The van der Waals surface area contributed by atoms with Crippen LogP contribution < -0.4 is 5.32 Å². The molecule has 0 saturated carbocycles. The molecular weight excluding hydrogens is 234 g/mol. The molecule has 5 nitrogen and oxygen atoms in total. The Morgan fingerprint density at radius 2 is 1.94 bits per heavy atom. The zero-order valence-corrected chi connectivity index (χ0v) is 11.6. The van der Waals surface area contributed by atoms with E-state index in [9.17, 15) is 5.11 Å². The van der Waals surface area contributed by atoms with E-state index in [1.165, 1.54) is 0 Å². The van der Waals surface area contributed by atoms with Crippen molar-refractivity contribution in [2.45, 2.75) is 38.3 Å². The van der Waals surface area contributed by atoms with E-state index in [1.807, 2.05) is 6.92 Å². The third kappa shape index (κ3) is 6.66. The van der Waals surface area contributed by atoms with Crippen molar-refractivity contribution < 1.29 is 19.3 Å². The maximum absolute atomic E-state index is 9.79. The quantitative estimate of drug-likeness (QED) is 0.594. The first-order valence-electron chi connectivity index (χ1n) is 6.82. The van der Waals surface area contributed by atoms with Gasteiger partial charge in [0.25, 0.3) is 0 Å². The van der Waals surface area contributed by atoms with Gasteiger partial charge in [0.05, 0.1) is 25.9 Å². The summed E-state index contributed by atoms with van der Waals surface area (Å²) in [5.41, 5.74) is 0.0878. The average molecular weight is 261 g/mol. The zero-order valence-electron chi connectivity index (χ0n) is 11.6. The molecule has 5 heteroatoms. The first-order valence-corrected chi connectivity index (χ1v) is 6.82. The van der Waals surface area contributed by atoms with Gasteiger partial charge in [-0.3, -0.25) is 0 Å². The summed E-state index contributed by atoms with van der Waals surface area (Å²) in [6.45, 7) is 8.47. The van der Waals surface area contributed by atoms with Crippen LogP contribution in [0, 0.1) is 0 Å². The summed E-state index contributed by atoms with van der Waals surface area (Å²) >= 11 is 0. The molecule has 0 aromatic heterocycles. The van der Waals surface area contributed by atoms with Crippen LogP contribution in [0.2, 0.25) is 0 Å². The molecule has 0 aromatic carbocycles. The lowest BCUT2D eigenvalue weighted by Gasteiger charge is -2.35. The molecule has 0 radical (unpaired) electrons. The fraction of sp³-hybridized carbons (Fsp3) is 1.00. The predicted molar refractivity (Wildman–Crippen MR) is 69.8 cm³/mol. The molecule has 1 fully saturated rings. The molecule has 1 atom stereocenters. The lowest BCUT2D eigenvalue weighted by molar-refractivity contribution is -0.00198. The Bertz CT molecular complexity index is 207. The predicted octanol–water partition coefficient (Wildman–Crippen LogP) is 0.559. The summed E-state index contributed by atoms with van der Waals surface area (Å²) in [6.07, 6.45) is 1.52. The number of rotatable bonds is 9. The number of β-amino-alcohol motifs (C(OH)–C–C–N with tert-alkyl or cyclic N) is 1. The van der Waals surface area contributed by atoms with E-state index in [0.29, 0.717) is 33.0 Å². The molecule has 0 bridgehead atoms. The van der Waals surface area contributed by atoms with Gasteiger partial charge < -0.3 is 24.6 Å². The maximum atomic E-state index is 9.79. The molecule has 0 aliphatic carbocycles. The first kappa shape index (κ1) is 15.9. The number of aliphatic hydroxyl groups is 1. The SMILES string of the molecule is CCOCCOCC(O)CNC1(C)CCOCC1. The van der Waals surface area contributed by atoms with E-state index >= 15 is 0 Å². The molecular formula is C13H27NO4. The van der Waals surface area contributed by atoms with Gasteiger partial charge in [-0.25, -0.2) is 0 Å². The topological polar surface area (TPSA) is 60.0 Å². The third-order valence-electron chi connectivity index (χ3n) is 3.25. The number of hydrogen-bond donors (Lipinski definition) is 2. The standard InChI is InChI=1S/C13H27NO4/c1-3-16-8-9-18-11-12(15)10-14-13(2)4-6-17-7-5-13/h12,14-15H,3-11H2,1-2H3. The molecule has 1 heterocycles. The van der Waals surface area contributed by atoms with Crippen LogP contribution in [-0.4, -0.2) is 62.9 Å². The van der Waals surface area contributed by atoms with Crippen LogP contribution in [0.15, 0.2) is 0 Å². The van der Waals surface area contributed by atoms with E-state index < -0.39 is 6.10 Å². The Hall–Kier alpha value is -0.200. The van der Waals surface area contributed by atoms with E-state index in [0.717, 1.165) is 26.1 Å². The minimum absolute atomic E-state index is 0.0878. The second-order valence-corrected chi connectivity index (χ2v) is 4.98. The number of aliphatic hydroxyl groups excluding tert-OH is 1. The summed E-state index contributed by atoms with van der Waals surface area (Å²) in [6, 6.07) is 0. The fourth-order valence-electron chi connectivity index (χ4n) is 1.90. The Balaban J connectivity index is 2.03. The van der Waals surface area contributed by atoms with Crippen molar-refractivity contribution >= 4 is 0 Å². The third-order valence-corrected chi connectivity index (χ3v) is 3.25. The van der Waals surface area contributed by atoms with Crippen molar-refractivity contribution in [3.8, 4) is 0 Å². The van der Waals surface area contributed by atoms with Crippen LogP contribution in [0.25, 0.3) is 0 Å². The van der Waals surface area contributed by atoms with Gasteiger partial charge in [-0.1, -0.05) is 0 Å². The van der Waals surface area contributed by atoms with E-state index in [-0.39, 0.29) is 5.54 Å². The normalized spacial score (nSPS) is 20.8. The number of nitrogens with one attached hydrogen (secondary N) is 1. The Kier molecular flexibility index (Phi) is 7.77. The van der Waals surface area contributed by atoms with Gasteiger partial charge in [-0.2, -0.15) is 0 Å². The Morgan fingerprint density at radius 3 is 2.61 bits per heavy atom. The van der Waals surface area contributed by atoms with Crippen molar-refractivity contribution in [2.75, 3.05) is 46.2 Å². The highest BCUT2D eigenvalue weighted by Gasteiger charge is 2.27. The van der Waals surface area contributed by atoms with Crippen molar-refractivity contribution in [1.29, 1.82) is 0 Å². The fourth-order valence-corrected chi connectivity index (χ4v) is 1.90. The van der Waals surface area contributed by atoms with Crippen molar-refractivity contribution in [1.82, 2.24) is 5.32 Å². The smallest absolute Gasteiger partial charge is 0.0897 e. The average Bonchev–Trinajstić information content (AvgIpc) is 2.37. The van der Waals surface area contributed by atoms with Gasteiger partial charge in [0.15, 0.2) is 0 Å². The molecule has 2 N–H and O–H groups in total. The van der Waals surface area contributed by atoms with Crippen LogP contribution in [0.5, 0.6) is 0 Å². The lowest BCUT2D eigenvalue weighted by Crippen LogP contribution is -2.49. The minimum Gasteiger partial charge on any atom is -0.389 e. The van der Waals surface area contributed by atoms with Gasteiger partial charge in [0.1, 0.15) is 0 Å². The second kappa shape index (κ2) is 8.82. The van der Waals surface area contributed by atoms with Crippen molar-refractivity contribution in [3.63, 3.8) is 0 Å². The molecule has 0 amide bonds. The van der Waals surface area contributed by atoms with Gasteiger partial charge in [0, 0.05) is 31.9 Å². The van der Waals surface area contributed by atoms with E-state index in [4.69, 9.17) is 14.2 Å². The van der Waals surface area contributed by atoms with Gasteiger partial charge >= 0.3 is 0 Å². The maximum Gasteiger partial charge on any atom is 0.0897 e. The summed E-state index contributed by atoms with van der Waals surface area (Å²) in [4.78, 5) is 0. The Labute approximate surface area is 110 Å². The summed E-state index contributed by atoms with van der Waals surface area (Å²) in [7, 11) is 0. The van der Waals surface area contributed by atoms with Crippen LogP contribution in [0.1, 0.15) is 26.7 Å². The molecule has 18 heavy (non-hydrogen) atoms. The van der Waals surface area contributed by atoms with Crippen LogP contribution in [0.4, 0.5) is 0 Å².